The molecule has 0 spiro atoms. The topological polar surface area (TPSA) is 60.2 Å². The number of aliphatic hydroxyl groups excluding tert-OH is 1. The molecule has 1 aliphatic rings. The number of hydrogen-bond donors (Lipinski definition) is 1. The number of pyridine rings is 1. The van der Waals surface area contributed by atoms with Crippen LogP contribution in [0, 0.1) is 11.3 Å². The molecule has 0 bridgehead atoms. The van der Waals surface area contributed by atoms with E-state index in [9.17, 15) is 18.3 Å². The number of anilines is 1. The van der Waals surface area contributed by atoms with Gasteiger partial charge in [0.25, 0.3) is 0 Å². The second kappa shape index (κ2) is 5.05. The van der Waals surface area contributed by atoms with Crippen molar-refractivity contribution in [3.63, 3.8) is 0 Å². The molecule has 0 saturated carbocycles. The third-order valence-electron chi connectivity index (χ3n) is 2.98. The second-order valence-electron chi connectivity index (χ2n) is 4.42. The Labute approximate surface area is 108 Å². The average molecular weight is 271 g/mol. The molecule has 2 rings (SSSR count). The van der Waals surface area contributed by atoms with Crippen molar-refractivity contribution >= 4 is 5.82 Å². The van der Waals surface area contributed by atoms with E-state index in [1.807, 2.05) is 6.07 Å². The fourth-order valence-electron chi connectivity index (χ4n) is 2.08. The van der Waals surface area contributed by atoms with Gasteiger partial charge in [-0.25, -0.2) is 4.98 Å². The van der Waals surface area contributed by atoms with Crippen LogP contribution in [-0.2, 0) is 6.18 Å². The van der Waals surface area contributed by atoms with Gasteiger partial charge in [0.15, 0.2) is 0 Å². The lowest BCUT2D eigenvalue weighted by Crippen LogP contribution is -2.39. The zero-order valence-corrected chi connectivity index (χ0v) is 9.98. The van der Waals surface area contributed by atoms with Crippen molar-refractivity contribution < 1.29 is 18.3 Å². The van der Waals surface area contributed by atoms with Gasteiger partial charge in [0.05, 0.1) is 11.7 Å². The maximum atomic E-state index is 12.6. The Morgan fingerprint density at radius 3 is 2.74 bits per heavy atom. The summed E-state index contributed by atoms with van der Waals surface area (Å²) in [4.78, 5) is 5.07. The molecule has 1 fully saturated rings. The Balaban J connectivity index is 2.39. The molecule has 0 aliphatic carbocycles. The molecule has 4 nitrogen and oxygen atoms in total. The van der Waals surface area contributed by atoms with Crippen LogP contribution in [0.3, 0.4) is 0 Å². The Kier molecular flexibility index (Phi) is 3.62. The minimum Gasteiger partial charge on any atom is -0.391 e. The van der Waals surface area contributed by atoms with Crippen LogP contribution in [0.2, 0.25) is 0 Å². The number of nitrogens with zero attached hydrogens (tertiary/aromatic N) is 3. The Bertz CT molecular complexity index is 510. The number of β-amino-alcohol motifs (C(OH)–C–C–N with tert-alkyl or cyclic N) is 1. The lowest BCUT2D eigenvalue weighted by Gasteiger charge is -2.31. The van der Waals surface area contributed by atoms with Crippen LogP contribution < -0.4 is 4.90 Å². The number of hydrogen-bond acceptors (Lipinski definition) is 4. The molecule has 2 heterocycles. The molecule has 1 N–H and O–H groups in total. The summed E-state index contributed by atoms with van der Waals surface area (Å²) in [5, 5.41) is 18.5. The quantitative estimate of drug-likeness (QED) is 0.848. The maximum Gasteiger partial charge on any atom is 0.433 e. The van der Waals surface area contributed by atoms with Gasteiger partial charge in [-0.2, -0.15) is 18.4 Å². The number of nitriles is 1. The van der Waals surface area contributed by atoms with Gasteiger partial charge >= 0.3 is 6.18 Å². The fourth-order valence-corrected chi connectivity index (χ4v) is 2.08. The van der Waals surface area contributed by atoms with Crippen molar-refractivity contribution in [2.45, 2.75) is 25.1 Å². The van der Waals surface area contributed by atoms with E-state index in [1.54, 1.807) is 0 Å². The maximum absolute atomic E-state index is 12.6. The van der Waals surface area contributed by atoms with Crippen molar-refractivity contribution in [1.29, 1.82) is 5.26 Å². The van der Waals surface area contributed by atoms with Crippen LogP contribution in [0.1, 0.15) is 24.1 Å². The summed E-state index contributed by atoms with van der Waals surface area (Å²) >= 11 is 0. The van der Waals surface area contributed by atoms with Gasteiger partial charge in [0, 0.05) is 13.1 Å². The van der Waals surface area contributed by atoms with Crippen LogP contribution in [0.5, 0.6) is 0 Å². The molecule has 102 valence electrons. The van der Waals surface area contributed by atoms with Gasteiger partial charge in [-0.1, -0.05) is 0 Å². The zero-order chi connectivity index (χ0) is 14.0. The zero-order valence-electron chi connectivity index (χ0n) is 9.98. The van der Waals surface area contributed by atoms with Crippen LogP contribution in [-0.4, -0.2) is 29.3 Å². The van der Waals surface area contributed by atoms with E-state index in [0.717, 1.165) is 12.1 Å². The van der Waals surface area contributed by atoms with Crippen molar-refractivity contribution in [2.75, 3.05) is 18.0 Å². The molecule has 1 unspecified atom stereocenters. The van der Waals surface area contributed by atoms with Crippen LogP contribution in [0.15, 0.2) is 12.1 Å². The highest BCUT2D eigenvalue weighted by molar-refractivity contribution is 5.55. The van der Waals surface area contributed by atoms with E-state index < -0.39 is 18.0 Å². The summed E-state index contributed by atoms with van der Waals surface area (Å²) in [5.41, 5.74) is -0.941. The molecule has 0 amide bonds. The van der Waals surface area contributed by atoms with Gasteiger partial charge in [0.2, 0.25) is 0 Å². The van der Waals surface area contributed by atoms with Gasteiger partial charge < -0.3 is 10.0 Å². The van der Waals surface area contributed by atoms with E-state index in [1.165, 1.54) is 4.90 Å². The third kappa shape index (κ3) is 2.96. The molecule has 0 radical (unpaired) electrons. The summed E-state index contributed by atoms with van der Waals surface area (Å²) in [6.45, 7) is 0.684. The average Bonchev–Trinajstić information content (AvgIpc) is 2.37. The number of aliphatic hydroxyl groups is 1. The molecule has 1 atom stereocenters. The highest BCUT2D eigenvalue weighted by atomic mass is 19.4. The van der Waals surface area contributed by atoms with E-state index in [4.69, 9.17) is 5.26 Å². The number of piperidine rings is 1. The summed E-state index contributed by atoms with van der Waals surface area (Å²) in [7, 11) is 0. The van der Waals surface area contributed by atoms with Crippen LogP contribution >= 0.6 is 0 Å². The minimum atomic E-state index is -4.54. The number of alkyl halides is 3. The highest BCUT2D eigenvalue weighted by Gasteiger charge is 2.34. The van der Waals surface area contributed by atoms with Gasteiger partial charge in [-0.05, 0) is 25.0 Å². The van der Waals surface area contributed by atoms with E-state index in [-0.39, 0.29) is 17.9 Å². The SMILES string of the molecule is N#Cc1ccc(C(F)(F)F)nc1N1CCCC(O)C1. The molecule has 1 aliphatic heterocycles. The molecule has 7 heteroatoms. The first-order chi connectivity index (χ1) is 8.91. The van der Waals surface area contributed by atoms with Crippen molar-refractivity contribution in [3.05, 3.63) is 23.4 Å². The predicted octanol–water partition coefficient (Wildman–Crippen LogP) is 1.93. The minimum absolute atomic E-state index is 0.00363. The molecule has 0 aromatic carbocycles. The monoisotopic (exact) mass is 271 g/mol. The summed E-state index contributed by atoms with van der Waals surface area (Å²) < 4.78 is 37.9. The van der Waals surface area contributed by atoms with Gasteiger partial charge in [-0.3, -0.25) is 0 Å². The van der Waals surface area contributed by atoms with Crippen molar-refractivity contribution in [2.24, 2.45) is 0 Å². The van der Waals surface area contributed by atoms with E-state index in [0.29, 0.717) is 19.4 Å². The molecule has 1 aromatic heterocycles. The first-order valence-corrected chi connectivity index (χ1v) is 5.83. The second-order valence-corrected chi connectivity index (χ2v) is 4.42. The molecule has 19 heavy (non-hydrogen) atoms. The normalized spacial score (nSPS) is 20.2. The summed E-state index contributed by atoms with van der Waals surface area (Å²) in [5.74, 6) is -0.00363. The number of rotatable bonds is 1. The Morgan fingerprint density at radius 2 is 2.16 bits per heavy atom. The summed E-state index contributed by atoms with van der Waals surface area (Å²) in [6.07, 6.45) is -3.88. The number of aromatic nitrogens is 1. The van der Waals surface area contributed by atoms with Crippen LogP contribution in [0.25, 0.3) is 0 Å². The van der Waals surface area contributed by atoms with Crippen molar-refractivity contribution in [3.8, 4) is 6.07 Å². The lowest BCUT2D eigenvalue weighted by molar-refractivity contribution is -0.141. The predicted molar refractivity (Wildman–Crippen MR) is 61.4 cm³/mol. The smallest absolute Gasteiger partial charge is 0.391 e. The van der Waals surface area contributed by atoms with E-state index in [2.05, 4.69) is 4.98 Å². The molecular formula is C12H12F3N3O. The molecule has 1 saturated heterocycles. The highest BCUT2D eigenvalue weighted by Crippen LogP contribution is 2.31. The standard InChI is InChI=1S/C12H12F3N3O/c13-12(14,15)10-4-3-8(6-16)11(17-10)18-5-1-2-9(19)7-18/h3-4,9,19H,1-2,5,7H2. The largest absolute Gasteiger partial charge is 0.433 e. The molecular weight excluding hydrogens is 259 g/mol. The first kappa shape index (κ1) is 13.6. The first-order valence-electron chi connectivity index (χ1n) is 5.83. The van der Waals surface area contributed by atoms with Gasteiger partial charge in [-0.15, -0.1) is 0 Å². The van der Waals surface area contributed by atoms with Gasteiger partial charge in [0.1, 0.15) is 17.6 Å². The van der Waals surface area contributed by atoms with Crippen molar-refractivity contribution in [1.82, 2.24) is 4.98 Å². The number of halogens is 3. The summed E-state index contributed by atoms with van der Waals surface area (Å²) in [6, 6.07) is 3.74. The Morgan fingerprint density at radius 1 is 1.42 bits per heavy atom. The molecule has 1 aromatic rings. The lowest BCUT2D eigenvalue weighted by atomic mass is 10.1. The van der Waals surface area contributed by atoms with E-state index >= 15 is 0 Å². The van der Waals surface area contributed by atoms with Crippen LogP contribution in [0.4, 0.5) is 19.0 Å². The fraction of sp³-hybridized carbons (Fsp3) is 0.500. The Hall–Kier alpha value is -1.81. The third-order valence-corrected chi connectivity index (χ3v) is 2.98.